The number of likely N-dealkylation sites (tertiary alicyclic amines) is 2. The van der Waals surface area contributed by atoms with Crippen LogP contribution in [0.1, 0.15) is 45.4 Å². The van der Waals surface area contributed by atoms with Crippen LogP contribution in [0.25, 0.3) is 0 Å². The lowest BCUT2D eigenvalue weighted by Crippen LogP contribution is -2.48. The minimum Gasteiger partial charge on any atom is -0.381 e. The zero-order chi connectivity index (χ0) is 16.9. The first-order chi connectivity index (χ1) is 11.7. The first-order valence-corrected chi connectivity index (χ1v) is 9.57. The summed E-state index contributed by atoms with van der Waals surface area (Å²) in [6.07, 6.45) is 5.54. The van der Waals surface area contributed by atoms with Gasteiger partial charge in [0.15, 0.2) is 0 Å². The maximum atomic E-state index is 12.5. The number of piperidine rings is 1. The number of hydrogen-bond acceptors (Lipinski definition) is 4. The highest BCUT2D eigenvalue weighted by Crippen LogP contribution is 2.24. The van der Waals surface area contributed by atoms with Crippen molar-refractivity contribution >= 4 is 11.8 Å². The maximum Gasteiger partial charge on any atom is 0.224 e. The number of nitrogens with zero attached hydrogens (tertiary/aromatic N) is 2. The van der Waals surface area contributed by atoms with Crippen molar-refractivity contribution in [2.45, 2.75) is 57.5 Å². The summed E-state index contributed by atoms with van der Waals surface area (Å²) in [4.78, 5) is 28.8. The molecule has 3 aliphatic rings. The van der Waals surface area contributed by atoms with Crippen molar-refractivity contribution in [2.75, 3.05) is 39.4 Å². The highest BCUT2D eigenvalue weighted by atomic mass is 16.5. The van der Waals surface area contributed by atoms with Crippen LogP contribution in [0.5, 0.6) is 0 Å². The molecule has 6 nitrogen and oxygen atoms in total. The second-order valence-corrected chi connectivity index (χ2v) is 7.40. The highest BCUT2D eigenvalue weighted by molar-refractivity contribution is 5.83. The van der Waals surface area contributed by atoms with E-state index in [2.05, 4.69) is 17.1 Å². The third kappa shape index (κ3) is 4.28. The first-order valence-electron chi connectivity index (χ1n) is 9.57. The van der Waals surface area contributed by atoms with Crippen LogP contribution in [0, 0.1) is 5.92 Å². The summed E-state index contributed by atoms with van der Waals surface area (Å²) in [6.45, 7) is 7.31. The molecule has 6 heteroatoms. The predicted molar refractivity (Wildman–Crippen MR) is 91.6 cm³/mol. The van der Waals surface area contributed by atoms with Gasteiger partial charge in [-0.15, -0.1) is 0 Å². The molecule has 0 aromatic rings. The van der Waals surface area contributed by atoms with Gasteiger partial charge in [0, 0.05) is 44.7 Å². The van der Waals surface area contributed by atoms with E-state index < -0.39 is 0 Å². The molecule has 3 heterocycles. The van der Waals surface area contributed by atoms with Gasteiger partial charge in [-0.05, 0) is 45.2 Å². The fourth-order valence-electron chi connectivity index (χ4n) is 4.25. The van der Waals surface area contributed by atoms with E-state index in [1.807, 2.05) is 4.90 Å². The van der Waals surface area contributed by atoms with Crippen molar-refractivity contribution in [1.82, 2.24) is 15.1 Å². The molecule has 0 radical (unpaired) electrons. The molecule has 2 amide bonds. The molecule has 3 aliphatic heterocycles. The summed E-state index contributed by atoms with van der Waals surface area (Å²) in [6, 6.07) is 0.642. The lowest BCUT2D eigenvalue weighted by molar-refractivity contribution is -0.127. The molecule has 0 spiro atoms. The maximum absolute atomic E-state index is 12.5. The van der Waals surface area contributed by atoms with E-state index in [1.54, 1.807) is 0 Å². The van der Waals surface area contributed by atoms with E-state index in [4.69, 9.17) is 4.74 Å². The van der Waals surface area contributed by atoms with Crippen molar-refractivity contribution in [2.24, 2.45) is 5.92 Å². The summed E-state index contributed by atoms with van der Waals surface area (Å²) in [5.41, 5.74) is 0. The minimum absolute atomic E-state index is 0.00470. The molecular weight excluding hydrogens is 306 g/mol. The van der Waals surface area contributed by atoms with E-state index in [0.29, 0.717) is 19.0 Å². The Morgan fingerprint density at radius 1 is 1.21 bits per heavy atom. The molecule has 0 saturated carbocycles. The van der Waals surface area contributed by atoms with Crippen molar-refractivity contribution in [1.29, 1.82) is 0 Å². The van der Waals surface area contributed by atoms with Crippen LogP contribution < -0.4 is 5.32 Å². The van der Waals surface area contributed by atoms with E-state index in [1.165, 1.54) is 0 Å². The fourth-order valence-corrected chi connectivity index (χ4v) is 4.25. The molecule has 136 valence electrons. The van der Waals surface area contributed by atoms with Crippen LogP contribution in [0.15, 0.2) is 0 Å². The van der Waals surface area contributed by atoms with E-state index in [0.717, 1.165) is 65.0 Å². The van der Waals surface area contributed by atoms with Crippen LogP contribution in [0.2, 0.25) is 0 Å². The largest absolute Gasteiger partial charge is 0.381 e. The smallest absolute Gasteiger partial charge is 0.224 e. The SMILES string of the molecule is CCCN1CC(NC(=O)C2CCN(C3CCOCC3)CC2)CC1=O. The zero-order valence-electron chi connectivity index (χ0n) is 14.8. The average molecular weight is 337 g/mol. The van der Waals surface area contributed by atoms with E-state index in [-0.39, 0.29) is 23.8 Å². The number of ether oxygens (including phenoxy) is 1. The molecule has 0 aliphatic carbocycles. The zero-order valence-corrected chi connectivity index (χ0v) is 14.8. The lowest BCUT2D eigenvalue weighted by atomic mass is 9.93. The van der Waals surface area contributed by atoms with Crippen LogP contribution in [0.4, 0.5) is 0 Å². The van der Waals surface area contributed by atoms with Gasteiger partial charge in [-0.3, -0.25) is 9.59 Å². The summed E-state index contributed by atoms with van der Waals surface area (Å²) >= 11 is 0. The summed E-state index contributed by atoms with van der Waals surface area (Å²) in [5.74, 6) is 0.436. The Balaban J connectivity index is 1.41. The predicted octanol–water partition coefficient (Wildman–Crippen LogP) is 1.00. The monoisotopic (exact) mass is 337 g/mol. The molecule has 0 aromatic carbocycles. The number of carbonyl (C=O) groups is 2. The molecular formula is C18H31N3O3. The Hall–Kier alpha value is -1.14. The topological polar surface area (TPSA) is 61.9 Å². The molecule has 24 heavy (non-hydrogen) atoms. The Kier molecular flexibility index (Phi) is 6.11. The molecule has 1 N–H and O–H groups in total. The third-order valence-electron chi connectivity index (χ3n) is 5.66. The van der Waals surface area contributed by atoms with E-state index in [9.17, 15) is 9.59 Å². The Morgan fingerprint density at radius 3 is 2.58 bits per heavy atom. The minimum atomic E-state index is 0.00470. The second-order valence-electron chi connectivity index (χ2n) is 7.40. The summed E-state index contributed by atoms with van der Waals surface area (Å²) in [7, 11) is 0. The van der Waals surface area contributed by atoms with Gasteiger partial charge in [0.1, 0.15) is 0 Å². The van der Waals surface area contributed by atoms with Gasteiger partial charge in [-0.1, -0.05) is 6.92 Å². The van der Waals surface area contributed by atoms with Crippen LogP contribution in [-0.2, 0) is 14.3 Å². The number of rotatable bonds is 5. The Bertz CT molecular complexity index is 443. The van der Waals surface area contributed by atoms with Gasteiger partial charge in [-0.25, -0.2) is 0 Å². The first kappa shape index (κ1) is 17.7. The van der Waals surface area contributed by atoms with Crippen LogP contribution in [0.3, 0.4) is 0 Å². The number of carbonyl (C=O) groups excluding carboxylic acids is 2. The molecule has 0 aromatic heterocycles. The molecule has 3 fully saturated rings. The molecule has 3 rings (SSSR count). The summed E-state index contributed by atoms with van der Waals surface area (Å²) < 4.78 is 5.44. The summed E-state index contributed by atoms with van der Waals surface area (Å²) in [5, 5.41) is 3.12. The van der Waals surface area contributed by atoms with Crippen LogP contribution in [-0.4, -0.2) is 73.1 Å². The second kappa shape index (κ2) is 8.30. The van der Waals surface area contributed by atoms with Crippen molar-refractivity contribution in [3.63, 3.8) is 0 Å². The number of hydrogen-bond donors (Lipinski definition) is 1. The molecule has 1 unspecified atom stereocenters. The van der Waals surface area contributed by atoms with Gasteiger partial charge < -0.3 is 19.9 Å². The lowest BCUT2D eigenvalue weighted by Gasteiger charge is -2.39. The highest BCUT2D eigenvalue weighted by Gasteiger charge is 2.33. The third-order valence-corrected chi connectivity index (χ3v) is 5.66. The Labute approximate surface area is 144 Å². The quantitative estimate of drug-likeness (QED) is 0.813. The molecule has 3 saturated heterocycles. The van der Waals surface area contributed by atoms with Gasteiger partial charge in [-0.2, -0.15) is 0 Å². The Morgan fingerprint density at radius 2 is 1.92 bits per heavy atom. The standard InChI is InChI=1S/C18H31N3O3/c1-2-7-21-13-15(12-17(21)22)19-18(23)14-3-8-20(9-4-14)16-5-10-24-11-6-16/h14-16H,2-13H2,1H3,(H,19,23). The number of nitrogens with one attached hydrogen (secondary N) is 1. The van der Waals surface area contributed by atoms with Gasteiger partial charge in [0.2, 0.25) is 11.8 Å². The molecule has 0 bridgehead atoms. The normalized spacial score (nSPS) is 27.6. The van der Waals surface area contributed by atoms with Gasteiger partial charge in [0.25, 0.3) is 0 Å². The van der Waals surface area contributed by atoms with Crippen molar-refractivity contribution in [3.8, 4) is 0 Å². The fraction of sp³-hybridized carbons (Fsp3) is 0.889. The number of amides is 2. The van der Waals surface area contributed by atoms with Gasteiger partial charge >= 0.3 is 0 Å². The van der Waals surface area contributed by atoms with Crippen molar-refractivity contribution in [3.05, 3.63) is 0 Å². The average Bonchev–Trinajstić information content (AvgIpc) is 2.95. The molecule has 1 atom stereocenters. The van der Waals surface area contributed by atoms with Crippen LogP contribution >= 0.6 is 0 Å². The van der Waals surface area contributed by atoms with Gasteiger partial charge in [0.05, 0.1) is 6.04 Å². The van der Waals surface area contributed by atoms with Crippen molar-refractivity contribution < 1.29 is 14.3 Å². The van der Waals surface area contributed by atoms with E-state index >= 15 is 0 Å².